The van der Waals surface area contributed by atoms with Gasteiger partial charge in [0, 0.05) is 0 Å². The number of hydrogen-bond acceptors (Lipinski definition) is 1. The van der Waals surface area contributed by atoms with E-state index in [9.17, 15) is 0 Å². The highest BCUT2D eigenvalue weighted by Gasteiger charge is 2.17. The number of allylic oxidation sites excluding steroid dienone is 8. The highest BCUT2D eigenvalue weighted by atomic mass is 16.5. The summed E-state index contributed by atoms with van der Waals surface area (Å²) in [7, 11) is 1.67. The summed E-state index contributed by atoms with van der Waals surface area (Å²) < 4.78 is 4.97. The Bertz CT molecular complexity index is 3090. The number of methoxy groups -OCH3 is 1. The van der Waals surface area contributed by atoms with Crippen LogP contribution in [-0.4, -0.2) is 7.11 Å². The summed E-state index contributed by atoms with van der Waals surface area (Å²) in [6.45, 7) is 10.8. The molecular formula is C70H70O. The summed E-state index contributed by atoms with van der Waals surface area (Å²) in [6.07, 6.45) is 22.5. The molecule has 0 bridgehead atoms. The van der Waals surface area contributed by atoms with E-state index in [2.05, 4.69) is 241 Å². The lowest BCUT2D eigenvalue weighted by Crippen LogP contribution is -2.07. The maximum atomic E-state index is 4.97. The van der Waals surface area contributed by atoms with Crippen molar-refractivity contribution >= 4 is 5.57 Å². The molecule has 1 nitrogen and oxygen atoms in total. The number of rotatable bonds is 12. The van der Waals surface area contributed by atoms with Gasteiger partial charge in [-0.05, 0) is 175 Å². The maximum absolute atomic E-state index is 4.97. The average molecular weight is 927 g/mol. The molecule has 2 unspecified atom stereocenters. The molecular weight excluding hydrogens is 857 g/mol. The van der Waals surface area contributed by atoms with Crippen molar-refractivity contribution in [3.05, 3.63) is 297 Å². The largest absolute Gasteiger partial charge is 0.497 e. The fourth-order valence-corrected chi connectivity index (χ4v) is 9.64. The van der Waals surface area contributed by atoms with E-state index >= 15 is 0 Å². The van der Waals surface area contributed by atoms with Gasteiger partial charge in [0.15, 0.2) is 0 Å². The molecule has 0 saturated heterocycles. The van der Waals surface area contributed by atoms with Crippen LogP contribution in [0.4, 0.5) is 0 Å². The molecule has 0 spiro atoms. The second-order valence-electron chi connectivity index (χ2n) is 19.6. The van der Waals surface area contributed by atoms with Crippen molar-refractivity contribution in [3.8, 4) is 28.0 Å². The first-order valence-electron chi connectivity index (χ1n) is 25.5. The molecule has 8 aromatic carbocycles. The number of hydrogen-bond donors (Lipinski definition) is 0. The number of aryl methyl sites for hydroxylation is 5. The fraction of sp³-hybridized carbons (Fsp3) is 0.200. The summed E-state index contributed by atoms with van der Waals surface area (Å²) in [5.41, 5.74) is 23.0. The van der Waals surface area contributed by atoms with Crippen LogP contribution in [0.1, 0.15) is 79.6 Å². The van der Waals surface area contributed by atoms with E-state index in [0.717, 1.165) is 44.3 Å². The summed E-state index contributed by atoms with van der Waals surface area (Å²) in [6, 6.07) is 68.2. The van der Waals surface area contributed by atoms with Crippen LogP contribution in [0.3, 0.4) is 0 Å². The molecule has 0 heterocycles. The summed E-state index contributed by atoms with van der Waals surface area (Å²) >= 11 is 0. The van der Waals surface area contributed by atoms with Gasteiger partial charge in [0.05, 0.1) is 7.11 Å². The first-order chi connectivity index (χ1) is 34.7. The Hall–Kier alpha value is -7.48. The van der Waals surface area contributed by atoms with Crippen LogP contribution in [0.2, 0.25) is 0 Å². The van der Waals surface area contributed by atoms with Gasteiger partial charge < -0.3 is 4.74 Å². The van der Waals surface area contributed by atoms with Crippen molar-refractivity contribution < 1.29 is 4.74 Å². The second kappa shape index (κ2) is 24.9. The van der Waals surface area contributed by atoms with Gasteiger partial charge >= 0.3 is 0 Å². The normalized spacial score (nSPS) is 14.6. The Morgan fingerprint density at radius 2 is 1.01 bits per heavy atom. The molecule has 8 aromatic rings. The molecule has 0 aromatic heterocycles. The third-order valence-corrected chi connectivity index (χ3v) is 13.9. The van der Waals surface area contributed by atoms with Crippen molar-refractivity contribution in [2.24, 2.45) is 11.8 Å². The zero-order chi connectivity index (χ0) is 49.4. The smallest absolute Gasteiger partial charge is 0.118 e. The Balaban J connectivity index is 0.000000164. The van der Waals surface area contributed by atoms with E-state index in [0.29, 0.717) is 11.8 Å². The lowest BCUT2D eigenvalue weighted by atomic mass is 9.84. The van der Waals surface area contributed by atoms with Gasteiger partial charge in [0.1, 0.15) is 5.75 Å². The topological polar surface area (TPSA) is 9.23 Å². The molecule has 0 aliphatic heterocycles. The van der Waals surface area contributed by atoms with Crippen LogP contribution in [0, 0.1) is 46.5 Å². The van der Waals surface area contributed by atoms with Gasteiger partial charge in [-0.2, -0.15) is 0 Å². The van der Waals surface area contributed by atoms with Crippen LogP contribution in [0.5, 0.6) is 5.75 Å². The SMILES string of the molecule is COc1ccc(C)cc1.Cc1ccc(C2=CCC(Cc3ccc(CC4C=CC=CC4)c(-c4ccccc4C)c3)C=C2)cc1.Cc1ccc(Cc2ccc(C)c(-c3ccccc3Cc3ccccc3)c2)cc1. The molecule has 0 N–H and O–H groups in total. The molecule has 2 aliphatic rings. The van der Waals surface area contributed by atoms with Crippen LogP contribution >= 0.6 is 0 Å². The standard InChI is InChI=1S/C34H34.C28H26.C8H10O/c1-25-12-17-30(18-13-25)31-19-14-28(15-20-31)22-29-16-21-32(23-27-9-4-3-5-10-27)34(24-29)33-11-7-6-8-26(33)2;1-21-12-15-24(16-13-21)18-25-17-14-22(2)28(20-25)27-11-7-6-10-26(27)19-23-8-4-3-5-9-23;1-7-3-5-8(9-2)6-4-7/h3-9,11-14,16-21,24,27-28H,10,15,22-23H2,1-2H3;3-17,20H,18-19H2,1-2H3;3-6H,1-2H3. The molecule has 0 saturated carbocycles. The minimum atomic E-state index is 0.552. The summed E-state index contributed by atoms with van der Waals surface area (Å²) in [4.78, 5) is 0. The zero-order valence-corrected chi connectivity index (χ0v) is 42.7. The second-order valence-corrected chi connectivity index (χ2v) is 19.6. The molecule has 0 fully saturated rings. The third kappa shape index (κ3) is 14.3. The predicted molar refractivity (Wildman–Crippen MR) is 304 cm³/mol. The van der Waals surface area contributed by atoms with E-state index in [4.69, 9.17) is 4.74 Å². The summed E-state index contributed by atoms with van der Waals surface area (Å²) in [5.74, 6) is 2.06. The first kappa shape index (κ1) is 49.9. The van der Waals surface area contributed by atoms with Crippen LogP contribution in [0.15, 0.2) is 231 Å². The van der Waals surface area contributed by atoms with E-state index in [1.165, 1.54) is 94.6 Å². The highest BCUT2D eigenvalue weighted by Crippen LogP contribution is 2.34. The zero-order valence-electron chi connectivity index (χ0n) is 42.7. The van der Waals surface area contributed by atoms with Gasteiger partial charge in [-0.3, -0.25) is 0 Å². The molecule has 356 valence electrons. The maximum Gasteiger partial charge on any atom is 0.118 e. The molecule has 1 heteroatoms. The van der Waals surface area contributed by atoms with Crippen molar-refractivity contribution in [1.29, 1.82) is 0 Å². The first-order valence-corrected chi connectivity index (χ1v) is 25.5. The van der Waals surface area contributed by atoms with Gasteiger partial charge in [-0.25, -0.2) is 0 Å². The van der Waals surface area contributed by atoms with Crippen LogP contribution in [0.25, 0.3) is 27.8 Å². The molecule has 10 rings (SSSR count). The minimum absolute atomic E-state index is 0.552. The quantitative estimate of drug-likeness (QED) is 0.119. The molecule has 0 radical (unpaired) electrons. The Labute approximate surface area is 425 Å². The van der Waals surface area contributed by atoms with E-state index in [-0.39, 0.29) is 0 Å². The number of benzene rings is 8. The fourth-order valence-electron chi connectivity index (χ4n) is 9.64. The Morgan fingerprint density at radius 3 is 1.69 bits per heavy atom. The van der Waals surface area contributed by atoms with Crippen molar-refractivity contribution in [2.75, 3.05) is 7.11 Å². The van der Waals surface area contributed by atoms with Gasteiger partial charge in [-0.15, -0.1) is 0 Å². The van der Waals surface area contributed by atoms with E-state index < -0.39 is 0 Å². The number of ether oxygens (including phenoxy) is 1. The lowest BCUT2D eigenvalue weighted by molar-refractivity contribution is 0.414. The van der Waals surface area contributed by atoms with E-state index in [1.54, 1.807) is 7.11 Å². The highest BCUT2D eigenvalue weighted by molar-refractivity contribution is 5.75. The summed E-state index contributed by atoms with van der Waals surface area (Å²) in [5, 5.41) is 0. The van der Waals surface area contributed by atoms with Crippen LogP contribution < -0.4 is 4.74 Å². The third-order valence-electron chi connectivity index (χ3n) is 13.9. The van der Waals surface area contributed by atoms with Gasteiger partial charge in [0.25, 0.3) is 0 Å². The minimum Gasteiger partial charge on any atom is -0.497 e. The van der Waals surface area contributed by atoms with Gasteiger partial charge in [-0.1, -0.05) is 235 Å². The van der Waals surface area contributed by atoms with Crippen molar-refractivity contribution in [2.45, 2.75) is 73.1 Å². The van der Waals surface area contributed by atoms with Gasteiger partial charge in [0.2, 0.25) is 0 Å². The van der Waals surface area contributed by atoms with E-state index in [1.807, 2.05) is 24.3 Å². The lowest BCUT2D eigenvalue weighted by Gasteiger charge is -2.20. The van der Waals surface area contributed by atoms with Crippen molar-refractivity contribution in [1.82, 2.24) is 0 Å². The Morgan fingerprint density at radius 1 is 0.423 bits per heavy atom. The molecule has 2 atom stereocenters. The molecule has 0 amide bonds. The molecule has 71 heavy (non-hydrogen) atoms. The van der Waals surface area contributed by atoms with Crippen LogP contribution in [-0.2, 0) is 25.7 Å². The average Bonchev–Trinajstić information content (AvgIpc) is 3.40. The molecule has 2 aliphatic carbocycles. The predicted octanol–water partition coefficient (Wildman–Crippen LogP) is 18.0. The van der Waals surface area contributed by atoms with Crippen molar-refractivity contribution in [3.63, 3.8) is 0 Å². The monoisotopic (exact) mass is 927 g/mol. The Kier molecular flexibility index (Phi) is 17.5.